The van der Waals surface area contributed by atoms with Crippen molar-refractivity contribution in [2.75, 3.05) is 33.4 Å². The van der Waals surface area contributed by atoms with Gasteiger partial charge < -0.3 is 14.2 Å². The van der Waals surface area contributed by atoms with Crippen LogP contribution in [0.3, 0.4) is 0 Å². The standard InChI is InChI=1S/C15H22ClNO3S/c1-20-10-9-17-7-5-12(6-8-17)14-4-2-3-13(15(14)16)11-21(18)19/h2-4,12H,5-11H2,1H3,(H,18,19)/p-1. The number of likely N-dealkylation sites (tertiary alicyclic amines) is 1. The summed E-state index contributed by atoms with van der Waals surface area (Å²) in [7, 11) is 1.72. The zero-order valence-electron chi connectivity index (χ0n) is 12.2. The minimum absolute atomic E-state index is 0.0145. The van der Waals surface area contributed by atoms with Crippen LogP contribution in [0, 0.1) is 0 Å². The maximum absolute atomic E-state index is 10.9. The van der Waals surface area contributed by atoms with Crippen molar-refractivity contribution in [1.82, 2.24) is 4.90 Å². The first kappa shape index (κ1) is 16.9. The maximum atomic E-state index is 10.9. The van der Waals surface area contributed by atoms with Gasteiger partial charge in [-0.2, -0.15) is 0 Å². The molecule has 0 aliphatic carbocycles. The first-order valence-electron chi connectivity index (χ1n) is 7.16. The molecular weight excluding hydrogens is 310 g/mol. The summed E-state index contributed by atoms with van der Waals surface area (Å²) < 4.78 is 26.9. The Morgan fingerprint density at radius 1 is 1.43 bits per heavy atom. The van der Waals surface area contributed by atoms with Gasteiger partial charge in [-0.1, -0.05) is 40.9 Å². The van der Waals surface area contributed by atoms with E-state index in [0.29, 0.717) is 16.5 Å². The fourth-order valence-corrected chi connectivity index (χ4v) is 3.76. The lowest BCUT2D eigenvalue weighted by molar-refractivity contribution is 0.130. The first-order valence-corrected chi connectivity index (χ1v) is 8.78. The summed E-state index contributed by atoms with van der Waals surface area (Å²) in [6.07, 6.45) is 2.10. The Bertz CT molecular complexity index is 490. The van der Waals surface area contributed by atoms with E-state index in [1.807, 2.05) is 12.1 Å². The fourth-order valence-electron chi connectivity index (χ4n) is 2.84. The smallest absolute Gasteiger partial charge is 0.0589 e. The molecule has 118 valence electrons. The topological polar surface area (TPSA) is 52.6 Å². The van der Waals surface area contributed by atoms with E-state index in [1.165, 1.54) is 0 Å². The van der Waals surface area contributed by atoms with Crippen LogP contribution in [0.1, 0.15) is 29.9 Å². The van der Waals surface area contributed by atoms with Gasteiger partial charge in [-0.15, -0.1) is 0 Å². The molecule has 1 saturated heterocycles. The molecule has 0 amide bonds. The predicted molar refractivity (Wildman–Crippen MR) is 84.4 cm³/mol. The summed E-state index contributed by atoms with van der Waals surface area (Å²) in [5.74, 6) is 0.399. The van der Waals surface area contributed by atoms with Crippen LogP contribution >= 0.6 is 11.6 Å². The minimum Gasteiger partial charge on any atom is -0.772 e. The molecule has 21 heavy (non-hydrogen) atoms. The second-order valence-corrected chi connectivity index (χ2v) is 6.65. The highest BCUT2D eigenvalue weighted by atomic mass is 35.5. The minimum atomic E-state index is -2.11. The third kappa shape index (κ3) is 4.76. The second kappa shape index (κ2) is 8.25. The molecule has 1 aromatic carbocycles. The normalized spacial score (nSPS) is 18.8. The average molecular weight is 331 g/mol. The van der Waals surface area contributed by atoms with Gasteiger partial charge in [0.05, 0.1) is 6.61 Å². The summed E-state index contributed by atoms with van der Waals surface area (Å²) in [6.45, 7) is 3.78. The Kier molecular flexibility index (Phi) is 6.64. The lowest BCUT2D eigenvalue weighted by Gasteiger charge is -2.32. The lowest BCUT2D eigenvalue weighted by Crippen LogP contribution is -2.35. The summed E-state index contributed by atoms with van der Waals surface area (Å²) in [5.41, 5.74) is 1.79. The Labute approximate surface area is 133 Å². The fraction of sp³-hybridized carbons (Fsp3) is 0.600. The third-order valence-corrected chi connectivity index (χ3v) is 5.03. The molecule has 0 saturated carbocycles. The van der Waals surface area contributed by atoms with Gasteiger partial charge in [-0.3, -0.25) is 4.21 Å². The molecule has 0 N–H and O–H groups in total. The molecule has 6 heteroatoms. The van der Waals surface area contributed by atoms with Crippen LogP contribution in [0.5, 0.6) is 0 Å². The molecular formula is C15H21ClNO3S-. The van der Waals surface area contributed by atoms with Crippen molar-refractivity contribution >= 4 is 22.7 Å². The molecule has 4 nitrogen and oxygen atoms in total. The van der Waals surface area contributed by atoms with E-state index < -0.39 is 11.1 Å². The number of hydrogen-bond acceptors (Lipinski definition) is 4. The highest BCUT2D eigenvalue weighted by Gasteiger charge is 2.22. The Morgan fingerprint density at radius 3 is 2.76 bits per heavy atom. The van der Waals surface area contributed by atoms with Crippen molar-refractivity contribution in [1.29, 1.82) is 0 Å². The average Bonchev–Trinajstić information content (AvgIpc) is 2.47. The van der Waals surface area contributed by atoms with Gasteiger partial charge in [0.25, 0.3) is 0 Å². The lowest BCUT2D eigenvalue weighted by atomic mass is 9.88. The number of ether oxygens (including phenoxy) is 1. The zero-order chi connectivity index (χ0) is 15.2. The number of nitrogens with zero attached hydrogens (tertiary/aromatic N) is 1. The van der Waals surface area contributed by atoms with Gasteiger partial charge in [0.2, 0.25) is 0 Å². The molecule has 1 heterocycles. The molecule has 0 radical (unpaired) electrons. The van der Waals surface area contributed by atoms with Crippen molar-refractivity contribution in [3.63, 3.8) is 0 Å². The summed E-state index contributed by atoms with van der Waals surface area (Å²) >= 11 is 4.29. The number of benzene rings is 1. The molecule has 1 aliphatic heterocycles. The summed E-state index contributed by atoms with van der Waals surface area (Å²) in [5, 5.41) is 0.622. The van der Waals surface area contributed by atoms with E-state index in [-0.39, 0.29) is 5.75 Å². The SMILES string of the molecule is COCCN1CCC(c2cccc(CS(=O)[O-])c2Cl)CC1. The Balaban J connectivity index is 2.01. The van der Waals surface area contributed by atoms with E-state index in [9.17, 15) is 8.76 Å². The van der Waals surface area contributed by atoms with Crippen LogP contribution in [0.15, 0.2) is 18.2 Å². The molecule has 0 spiro atoms. The van der Waals surface area contributed by atoms with Gasteiger partial charge in [0.15, 0.2) is 0 Å². The van der Waals surface area contributed by atoms with Crippen molar-refractivity contribution < 1.29 is 13.5 Å². The van der Waals surface area contributed by atoms with Crippen molar-refractivity contribution in [2.45, 2.75) is 24.5 Å². The first-order chi connectivity index (χ1) is 10.1. The van der Waals surface area contributed by atoms with Crippen LogP contribution in [-0.4, -0.2) is 47.0 Å². The van der Waals surface area contributed by atoms with E-state index >= 15 is 0 Å². The van der Waals surface area contributed by atoms with Crippen LogP contribution in [0.4, 0.5) is 0 Å². The van der Waals surface area contributed by atoms with Gasteiger partial charge in [0.1, 0.15) is 0 Å². The van der Waals surface area contributed by atoms with Crippen LogP contribution in [0.2, 0.25) is 5.02 Å². The monoisotopic (exact) mass is 330 g/mol. The summed E-state index contributed by atoms with van der Waals surface area (Å²) in [4.78, 5) is 2.39. The van der Waals surface area contributed by atoms with Crippen LogP contribution in [0.25, 0.3) is 0 Å². The Morgan fingerprint density at radius 2 is 2.14 bits per heavy atom. The second-order valence-electron chi connectivity index (χ2n) is 5.38. The van der Waals surface area contributed by atoms with Crippen molar-refractivity contribution in [3.8, 4) is 0 Å². The number of hydrogen-bond donors (Lipinski definition) is 0. The molecule has 0 bridgehead atoms. The highest BCUT2D eigenvalue weighted by molar-refractivity contribution is 7.78. The van der Waals surface area contributed by atoms with E-state index in [2.05, 4.69) is 4.90 Å². The van der Waals surface area contributed by atoms with Gasteiger partial charge in [-0.25, -0.2) is 0 Å². The molecule has 1 aliphatic rings. The van der Waals surface area contributed by atoms with E-state index in [1.54, 1.807) is 13.2 Å². The largest absolute Gasteiger partial charge is 0.772 e. The number of rotatable bonds is 6. The highest BCUT2D eigenvalue weighted by Crippen LogP contribution is 2.34. The quantitative estimate of drug-likeness (QED) is 0.752. The number of halogens is 1. The molecule has 1 atom stereocenters. The number of piperidine rings is 1. The van der Waals surface area contributed by atoms with Crippen molar-refractivity contribution in [2.24, 2.45) is 0 Å². The van der Waals surface area contributed by atoms with E-state index in [0.717, 1.165) is 44.6 Å². The third-order valence-electron chi connectivity index (χ3n) is 4.02. The van der Waals surface area contributed by atoms with Gasteiger partial charge in [0, 0.05) is 24.4 Å². The molecule has 1 aromatic rings. The predicted octanol–water partition coefficient (Wildman–Crippen LogP) is 2.54. The molecule has 1 fully saturated rings. The summed E-state index contributed by atoms with van der Waals surface area (Å²) in [6, 6.07) is 5.71. The molecule has 2 rings (SSSR count). The number of methoxy groups -OCH3 is 1. The molecule has 0 aromatic heterocycles. The van der Waals surface area contributed by atoms with E-state index in [4.69, 9.17) is 16.3 Å². The zero-order valence-corrected chi connectivity index (χ0v) is 13.8. The van der Waals surface area contributed by atoms with Crippen LogP contribution < -0.4 is 0 Å². The Hall–Kier alpha value is -0.460. The van der Waals surface area contributed by atoms with Gasteiger partial charge >= 0.3 is 0 Å². The van der Waals surface area contributed by atoms with Crippen molar-refractivity contribution in [3.05, 3.63) is 34.3 Å². The maximum Gasteiger partial charge on any atom is 0.0589 e. The van der Waals surface area contributed by atoms with Gasteiger partial charge in [-0.05, 0) is 43.0 Å². The molecule has 1 unspecified atom stereocenters. The van der Waals surface area contributed by atoms with Crippen LogP contribution in [-0.2, 0) is 21.6 Å².